The molecular formula is C24H21NO3S. The molecule has 0 aliphatic rings. The number of amides is 1. The van der Waals surface area contributed by atoms with Gasteiger partial charge in [-0.1, -0.05) is 48.5 Å². The van der Waals surface area contributed by atoms with Crippen LogP contribution in [0.15, 0.2) is 89.8 Å². The fourth-order valence-electron chi connectivity index (χ4n) is 2.69. The van der Waals surface area contributed by atoms with Crippen LogP contribution >= 0.6 is 11.8 Å². The largest absolute Gasteiger partial charge is 0.496 e. The van der Waals surface area contributed by atoms with Crippen molar-refractivity contribution in [3.05, 3.63) is 96.1 Å². The van der Waals surface area contributed by atoms with Crippen molar-refractivity contribution in [1.29, 1.82) is 0 Å². The minimum absolute atomic E-state index is 0.00677. The third-order valence-electron chi connectivity index (χ3n) is 4.11. The molecular weight excluding hydrogens is 382 g/mol. The predicted molar refractivity (Wildman–Crippen MR) is 119 cm³/mol. The molecule has 29 heavy (non-hydrogen) atoms. The molecule has 1 N–H and O–H groups in total. The summed E-state index contributed by atoms with van der Waals surface area (Å²) >= 11 is 1.42. The van der Waals surface area contributed by atoms with E-state index in [4.69, 9.17) is 4.74 Å². The lowest BCUT2D eigenvalue weighted by molar-refractivity contribution is -0.111. The third-order valence-corrected chi connectivity index (χ3v) is 5.10. The minimum Gasteiger partial charge on any atom is -0.496 e. The summed E-state index contributed by atoms with van der Waals surface area (Å²) in [6.07, 6.45) is 3.26. The van der Waals surface area contributed by atoms with E-state index in [0.29, 0.717) is 17.0 Å². The Bertz CT molecular complexity index is 1020. The zero-order valence-corrected chi connectivity index (χ0v) is 16.8. The summed E-state index contributed by atoms with van der Waals surface area (Å²) in [4.78, 5) is 25.5. The number of ketones is 1. The van der Waals surface area contributed by atoms with Crippen molar-refractivity contribution in [2.75, 3.05) is 18.2 Å². The number of methoxy groups -OCH3 is 1. The summed E-state index contributed by atoms with van der Waals surface area (Å²) in [6.45, 7) is 0. The Morgan fingerprint density at radius 2 is 1.72 bits per heavy atom. The average molecular weight is 404 g/mol. The molecule has 0 aliphatic heterocycles. The molecule has 0 aromatic heterocycles. The monoisotopic (exact) mass is 403 g/mol. The lowest BCUT2D eigenvalue weighted by Crippen LogP contribution is -2.08. The van der Waals surface area contributed by atoms with Crippen LogP contribution in [0.4, 0.5) is 5.69 Å². The number of thioether (sulfide) groups is 1. The van der Waals surface area contributed by atoms with Crippen LogP contribution in [-0.4, -0.2) is 24.6 Å². The van der Waals surface area contributed by atoms with Gasteiger partial charge in [-0.05, 0) is 42.0 Å². The SMILES string of the molecule is COc1ccccc1C(=O)CSc1cccc(NC(=O)/C=C/c2ccccc2)c1. The van der Waals surface area contributed by atoms with Gasteiger partial charge in [0, 0.05) is 16.7 Å². The number of Topliss-reactive ketones (excluding diaryl/α,β-unsaturated/α-hetero) is 1. The van der Waals surface area contributed by atoms with Gasteiger partial charge in [-0.2, -0.15) is 0 Å². The van der Waals surface area contributed by atoms with Gasteiger partial charge in [0.25, 0.3) is 0 Å². The Hall–Kier alpha value is -3.31. The topological polar surface area (TPSA) is 55.4 Å². The van der Waals surface area contributed by atoms with Crippen LogP contribution in [0.5, 0.6) is 5.75 Å². The maximum atomic E-state index is 12.5. The summed E-state index contributed by atoms with van der Waals surface area (Å²) in [5, 5.41) is 2.85. The molecule has 0 saturated heterocycles. The molecule has 3 aromatic rings. The highest BCUT2D eigenvalue weighted by molar-refractivity contribution is 8.00. The van der Waals surface area contributed by atoms with Gasteiger partial charge in [0.1, 0.15) is 5.75 Å². The van der Waals surface area contributed by atoms with E-state index in [1.54, 1.807) is 25.3 Å². The highest BCUT2D eigenvalue weighted by Gasteiger charge is 2.12. The molecule has 0 fully saturated rings. The number of rotatable bonds is 8. The second-order valence-electron chi connectivity index (χ2n) is 6.17. The number of ether oxygens (including phenoxy) is 1. The van der Waals surface area contributed by atoms with Crippen molar-refractivity contribution in [3.8, 4) is 5.75 Å². The van der Waals surface area contributed by atoms with Crippen molar-refractivity contribution in [2.45, 2.75) is 4.90 Å². The standard InChI is InChI=1S/C24H21NO3S/c1-28-23-13-6-5-12-21(23)22(26)17-29-20-11-7-10-19(16-20)25-24(27)15-14-18-8-3-2-4-9-18/h2-16H,17H2,1H3,(H,25,27)/b15-14+. The van der Waals surface area contributed by atoms with Crippen LogP contribution in [0.2, 0.25) is 0 Å². The lowest BCUT2D eigenvalue weighted by Gasteiger charge is -2.08. The first-order valence-electron chi connectivity index (χ1n) is 9.09. The molecule has 146 valence electrons. The molecule has 1 amide bonds. The van der Waals surface area contributed by atoms with E-state index in [1.807, 2.05) is 66.7 Å². The molecule has 5 heteroatoms. The van der Waals surface area contributed by atoms with Gasteiger partial charge >= 0.3 is 0 Å². The minimum atomic E-state index is -0.207. The number of anilines is 1. The normalized spacial score (nSPS) is 10.7. The molecule has 3 aromatic carbocycles. The van der Waals surface area contributed by atoms with Crippen LogP contribution in [0, 0.1) is 0 Å². The fraction of sp³-hybridized carbons (Fsp3) is 0.0833. The Balaban J connectivity index is 1.58. The van der Waals surface area contributed by atoms with Crippen LogP contribution in [-0.2, 0) is 4.79 Å². The van der Waals surface area contributed by atoms with E-state index in [2.05, 4.69) is 5.32 Å². The molecule has 0 bridgehead atoms. The zero-order chi connectivity index (χ0) is 20.5. The van der Waals surface area contributed by atoms with Gasteiger partial charge in [-0.15, -0.1) is 11.8 Å². The number of hydrogen-bond acceptors (Lipinski definition) is 4. The summed E-state index contributed by atoms with van der Waals surface area (Å²) in [5.41, 5.74) is 2.21. The fourth-order valence-corrected chi connectivity index (χ4v) is 3.52. The molecule has 3 rings (SSSR count). The number of carbonyl (C=O) groups excluding carboxylic acids is 2. The van der Waals surface area contributed by atoms with Gasteiger partial charge < -0.3 is 10.1 Å². The highest BCUT2D eigenvalue weighted by Crippen LogP contribution is 2.25. The number of carbonyl (C=O) groups is 2. The molecule has 0 spiro atoms. The Labute approximate surface area is 174 Å². The van der Waals surface area contributed by atoms with E-state index < -0.39 is 0 Å². The van der Waals surface area contributed by atoms with Crippen molar-refractivity contribution >= 4 is 35.2 Å². The lowest BCUT2D eigenvalue weighted by atomic mass is 10.1. The molecule has 0 saturated carbocycles. The van der Waals surface area contributed by atoms with Gasteiger partial charge in [0.05, 0.1) is 18.4 Å². The van der Waals surface area contributed by atoms with E-state index >= 15 is 0 Å². The Morgan fingerprint density at radius 3 is 2.52 bits per heavy atom. The maximum Gasteiger partial charge on any atom is 0.248 e. The maximum absolute atomic E-state index is 12.5. The van der Waals surface area contributed by atoms with E-state index in [9.17, 15) is 9.59 Å². The third kappa shape index (κ3) is 6.09. The van der Waals surface area contributed by atoms with Crippen LogP contribution in [0.3, 0.4) is 0 Å². The Morgan fingerprint density at radius 1 is 0.966 bits per heavy atom. The number of benzene rings is 3. The van der Waals surface area contributed by atoms with Gasteiger partial charge in [0.15, 0.2) is 5.78 Å². The van der Waals surface area contributed by atoms with Crippen LogP contribution < -0.4 is 10.1 Å². The van der Waals surface area contributed by atoms with Crippen molar-refractivity contribution in [1.82, 2.24) is 0 Å². The van der Waals surface area contributed by atoms with Gasteiger partial charge in [-0.3, -0.25) is 9.59 Å². The number of para-hydroxylation sites is 1. The zero-order valence-electron chi connectivity index (χ0n) is 16.0. The average Bonchev–Trinajstić information content (AvgIpc) is 2.77. The quantitative estimate of drug-likeness (QED) is 0.314. The molecule has 0 atom stereocenters. The first-order chi connectivity index (χ1) is 14.2. The molecule has 0 aliphatic carbocycles. The smallest absolute Gasteiger partial charge is 0.248 e. The first-order valence-corrected chi connectivity index (χ1v) is 10.1. The Kier molecular flexibility index (Phi) is 7.25. The highest BCUT2D eigenvalue weighted by atomic mass is 32.2. The van der Waals surface area contributed by atoms with Gasteiger partial charge in [-0.25, -0.2) is 0 Å². The van der Waals surface area contributed by atoms with Crippen LogP contribution in [0.1, 0.15) is 15.9 Å². The predicted octanol–water partition coefficient (Wildman–Crippen LogP) is 5.32. The van der Waals surface area contributed by atoms with Crippen molar-refractivity contribution < 1.29 is 14.3 Å². The number of hydrogen-bond donors (Lipinski definition) is 1. The second kappa shape index (κ2) is 10.3. The summed E-state index contributed by atoms with van der Waals surface area (Å²) in [7, 11) is 1.55. The molecule has 0 heterocycles. The first kappa shape index (κ1) is 20.4. The molecule has 0 radical (unpaired) electrons. The van der Waals surface area contributed by atoms with Crippen LogP contribution in [0.25, 0.3) is 6.08 Å². The number of nitrogens with one attached hydrogen (secondary N) is 1. The van der Waals surface area contributed by atoms with Gasteiger partial charge in [0.2, 0.25) is 5.91 Å². The molecule has 4 nitrogen and oxygen atoms in total. The van der Waals surface area contributed by atoms with E-state index in [0.717, 1.165) is 10.5 Å². The summed E-state index contributed by atoms with van der Waals surface area (Å²) in [5.74, 6) is 0.643. The summed E-state index contributed by atoms with van der Waals surface area (Å²) in [6, 6.07) is 24.3. The summed E-state index contributed by atoms with van der Waals surface area (Å²) < 4.78 is 5.25. The van der Waals surface area contributed by atoms with E-state index in [-0.39, 0.29) is 17.4 Å². The van der Waals surface area contributed by atoms with Crippen molar-refractivity contribution in [3.63, 3.8) is 0 Å². The molecule has 0 unspecified atom stereocenters. The van der Waals surface area contributed by atoms with E-state index in [1.165, 1.54) is 17.8 Å². The van der Waals surface area contributed by atoms with Crippen molar-refractivity contribution in [2.24, 2.45) is 0 Å². The second-order valence-corrected chi connectivity index (χ2v) is 7.22.